The average Bonchev–Trinajstić information content (AvgIpc) is 2.46. The summed E-state index contributed by atoms with van der Waals surface area (Å²) < 4.78 is 43.9. The Kier molecular flexibility index (Phi) is 4.92. The number of rotatable bonds is 4. The molecule has 0 aromatic carbocycles. The first-order chi connectivity index (χ1) is 9.90. The van der Waals surface area contributed by atoms with Crippen LogP contribution in [-0.4, -0.2) is 31.3 Å². The minimum absolute atomic E-state index is 0.0505. The summed E-state index contributed by atoms with van der Waals surface area (Å²) >= 11 is 0. The summed E-state index contributed by atoms with van der Waals surface area (Å²) in [5, 5.41) is 5.75. The molecule has 1 aliphatic heterocycles. The topological polar surface area (TPSA) is 46.2 Å². The minimum atomic E-state index is -4.38. The Balaban J connectivity index is 2.14. The van der Waals surface area contributed by atoms with Crippen LogP contribution in [0.3, 0.4) is 0 Å². The van der Waals surface area contributed by atoms with E-state index in [2.05, 4.69) is 15.6 Å². The number of hydrogen-bond donors (Lipinski definition) is 2. The van der Waals surface area contributed by atoms with Crippen LogP contribution in [0.5, 0.6) is 0 Å². The third-order valence-corrected chi connectivity index (χ3v) is 3.76. The fourth-order valence-electron chi connectivity index (χ4n) is 2.46. The Morgan fingerprint density at radius 2 is 1.86 bits per heavy atom. The van der Waals surface area contributed by atoms with Crippen molar-refractivity contribution < 1.29 is 17.9 Å². The Morgan fingerprint density at radius 1 is 1.24 bits per heavy atom. The highest BCUT2D eigenvalue weighted by Crippen LogP contribution is 2.32. The number of halogens is 3. The molecule has 0 radical (unpaired) electrons. The Labute approximate surface area is 122 Å². The zero-order valence-corrected chi connectivity index (χ0v) is 12.1. The second kappa shape index (κ2) is 6.51. The molecule has 1 aromatic rings. The summed E-state index contributed by atoms with van der Waals surface area (Å²) in [6, 6.07) is 2.11. The number of hydrogen-bond acceptors (Lipinski definition) is 4. The summed E-state index contributed by atoms with van der Waals surface area (Å²) in [7, 11) is 1.55. The third-order valence-electron chi connectivity index (χ3n) is 3.76. The van der Waals surface area contributed by atoms with Gasteiger partial charge in [0.1, 0.15) is 11.6 Å². The Hall–Kier alpha value is -1.50. The summed E-state index contributed by atoms with van der Waals surface area (Å²) in [6.45, 7) is 3.37. The molecule has 0 amide bonds. The van der Waals surface area contributed by atoms with Gasteiger partial charge in [0.25, 0.3) is 0 Å². The molecular weight excluding hydrogens is 283 g/mol. The van der Waals surface area contributed by atoms with Gasteiger partial charge in [0.15, 0.2) is 0 Å². The summed E-state index contributed by atoms with van der Waals surface area (Å²) in [5.41, 5.74) is -0.705. The fraction of sp³-hybridized carbons (Fsp3) is 0.643. The molecule has 2 heterocycles. The number of nitrogens with zero attached hydrogens (tertiary/aromatic N) is 1. The third kappa shape index (κ3) is 4.23. The molecule has 0 spiro atoms. The molecule has 1 fully saturated rings. The van der Waals surface area contributed by atoms with Crippen molar-refractivity contribution in [1.29, 1.82) is 0 Å². The van der Waals surface area contributed by atoms with Gasteiger partial charge >= 0.3 is 6.18 Å². The van der Waals surface area contributed by atoms with Gasteiger partial charge in [0.05, 0.1) is 5.56 Å². The first-order valence-corrected chi connectivity index (χ1v) is 7.01. The molecule has 0 aliphatic carbocycles. The normalized spacial score (nSPS) is 18.3. The number of anilines is 2. The van der Waals surface area contributed by atoms with E-state index in [4.69, 9.17) is 4.74 Å². The van der Waals surface area contributed by atoms with E-state index in [1.165, 1.54) is 0 Å². The van der Waals surface area contributed by atoms with Crippen molar-refractivity contribution in [3.05, 3.63) is 17.7 Å². The highest BCUT2D eigenvalue weighted by atomic mass is 19.4. The predicted octanol–water partition coefficient (Wildman–Crippen LogP) is 3.37. The largest absolute Gasteiger partial charge is 0.416 e. The van der Waals surface area contributed by atoms with Crippen molar-refractivity contribution in [3.63, 3.8) is 0 Å². The van der Waals surface area contributed by atoms with E-state index in [1.807, 2.05) is 6.92 Å². The molecule has 1 aliphatic rings. The monoisotopic (exact) mass is 303 g/mol. The van der Waals surface area contributed by atoms with Crippen molar-refractivity contribution >= 4 is 11.6 Å². The maximum Gasteiger partial charge on any atom is 0.416 e. The van der Waals surface area contributed by atoms with E-state index >= 15 is 0 Å². The van der Waals surface area contributed by atoms with Gasteiger partial charge in [-0.25, -0.2) is 4.98 Å². The molecule has 118 valence electrons. The van der Waals surface area contributed by atoms with Crippen LogP contribution in [0.1, 0.15) is 25.3 Å². The molecule has 2 rings (SSSR count). The average molecular weight is 303 g/mol. The number of aromatic nitrogens is 1. The maximum atomic E-state index is 12.9. The van der Waals surface area contributed by atoms with Crippen LogP contribution < -0.4 is 10.6 Å². The number of ether oxygens (including phenoxy) is 1. The van der Waals surface area contributed by atoms with E-state index in [9.17, 15) is 13.2 Å². The summed E-state index contributed by atoms with van der Waals surface area (Å²) in [5.74, 6) is 0.827. The van der Waals surface area contributed by atoms with Gasteiger partial charge < -0.3 is 15.4 Å². The SMILES string of the molecule is CNc1cc(C(F)(F)F)cc(NC(C)C2CCOCC2)n1. The van der Waals surface area contributed by atoms with E-state index in [0.29, 0.717) is 19.1 Å². The molecule has 0 saturated carbocycles. The molecule has 1 unspecified atom stereocenters. The van der Waals surface area contributed by atoms with Gasteiger partial charge in [-0.15, -0.1) is 0 Å². The Bertz CT molecular complexity index is 473. The molecule has 7 heteroatoms. The molecule has 2 N–H and O–H groups in total. The minimum Gasteiger partial charge on any atom is -0.381 e. The van der Waals surface area contributed by atoms with Crippen molar-refractivity contribution in [2.75, 3.05) is 30.9 Å². The quantitative estimate of drug-likeness (QED) is 0.895. The van der Waals surface area contributed by atoms with E-state index in [0.717, 1.165) is 25.0 Å². The molecule has 4 nitrogen and oxygen atoms in total. The van der Waals surface area contributed by atoms with Crippen LogP contribution >= 0.6 is 0 Å². The highest BCUT2D eigenvalue weighted by Gasteiger charge is 2.32. The molecule has 1 aromatic heterocycles. The molecular formula is C14H20F3N3O. The molecule has 0 bridgehead atoms. The van der Waals surface area contributed by atoms with Crippen molar-refractivity contribution in [2.24, 2.45) is 5.92 Å². The van der Waals surface area contributed by atoms with Crippen LogP contribution in [0.25, 0.3) is 0 Å². The number of alkyl halides is 3. The summed E-state index contributed by atoms with van der Waals surface area (Å²) in [4.78, 5) is 4.15. The first-order valence-electron chi connectivity index (χ1n) is 7.01. The van der Waals surface area contributed by atoms with Crippen molar-refractivity contribution in [3.8, 4) is 0 Å². The zero-order chi connectivity index (χ0) is 15.5. The molecule has 1 saturated heterocycles. The summed E-state index contributed by atoms with van der Waals surface area (Å²) in [6.07, 6.45) is -2.56. The fourth-order valence-corrected chi connectivity index (χ4v) is 2.46. The Morgan fingerprint density at radius 3 is 2.43 bits per heavy atom. The van der Waals surface area contributed by atoms with Crippen LogP contribution in [0.2, 0.25) is 0 Å². The second-order valence-electron chi connectivity index (χ2n) is 5.26. The van der Waals surface area contributed by atoms with E-state index in [1.54, 1.807) is 7.05 Å². The predicted molar refractivity (Wildman–Crippen MR) is 75.4 cm³/mol. The lowest BCUT2D eigenvalue weighted by atomic mass is 9.93. The van der Waals surface area contributed by atoms with Crippen LogP contribution in [-0.2, 0) is 10.9 Å². The van der Waals surface area contributed by atoms with Crippen LogP contribution in [0, 0.1) is 5.92 Å². The zero-order valence-electron chi connectivity index (χ0n) is 12.1. The van der Waals surface area contributed by atoms with Crippen LogP contribution in [0.15, 0.2) is 12.1 Å². The van der Waals surface area contributed by atoms with Crippen molar-refractivity contribution in [1.82, 2.24) is 4.98 Å². The van der Waals surface area contributed by atoms with Gasteiger partial charge in [-0.1, -0.05) is 0 Å². The highest BCUT2D eigenvalue weighted by molar-refractivity contribution is 5.50. The second-order valence-corrected chi connectivity index (χ2v) is 5.26. The lowest BCUT2D eigenvalue weighted by Gasteiger charge is -2.29. The molecule has 1 atom stereocenters. The van der Waals surface area contributed by atoms with Crippen LogP contribution in [0.4, 0.5) is 24.8 Å². The van der Waals surface area contributed by atoms with Gasteiger partial charge in [0, 0.05) is 26.3 Å². The smallest absolute Gasteiger partial charge is 0.381 e. The number of nitrogens with one attached hydrogen (secondary N) is 2. The van der Waals surface area contributed by atoms with Gasteiger partial charge in [-0.3, -0.25) is 0 Å². The van der Waals surface area contributed by atoms with E-state index < -0.39 is 11.7 Å². The lowest BCUT2D eigenvalue weighted by molar-refractivity contribution is -0.137. The lowest BCUT2D eigenvalue weighted by Crippen LogP contribution is -2.31. The van der Waals surface area contributed by atoms with Gasteiger partial charge in [0.2, 0.25) is 0 Å². The van der Waals surface area contributed by atoms with Gasteiger partial charge in [-0.2, -0.15) is 13.2 Å². The van der Waals surface area contributed by atoms with Gasteiger partial charge in [-0.05, 0) is 37.8 Å². The standard InChI is InChI=1S/C14H20F3N3O/c1-9(10-3-5-21-6-4-10)19-13-8-11(14(15,16)17)7-12(18-2)20-13/h7-10H,3-6H2,1-2H3,(H2,18,19,20). The first kappa shape index (κ1) is 15.9. The molecule has 21 heavy (non-hydrogen) atoms. The van der Waals surface area contributed by atoms with Crippen molar-refractivity contribution in [2.45, 2.75) is 32.0 Å². The van der Waals surface area contributed by atoms with E-state index in [-0.39, 0.29) is 17.7 Å². The number of pyridine rings is 1. The maximum absolute atomic E-state index is 12.9.